The number of carbonyl (C=O) groups is 2. The molecule has 1 aromatic heterocycles. The van der Waals surface area contributed by atoms with Gasteiger partial charge in [-0.05, 0) is 48.0 Å². The zero-order valence-corrected chi connectivity index (χ0v) is 21.7. The summed E-state index contributed by atoms with van der Waals surface area (Å²) in [6, 6.07) is 18.8. The summed E-state index contributed by atoms with van der Waals surface area (Å²) in [5, 5.41) is 2.58. The van der Waals surface area contributed by atoms with Crippen molar-refractivity contribution < 1.29 is 18.7 Å². The van der Waals surface area contributed by atoms with Crippen molar-refractivity contribution in [3.8, 4) is 5.75 Å². The number of rotatable bonds is 7. The van der Waals surface area contributed by atoms with Gasteiger partial charge in [0.2, 0.25) is 10.0 Å². The molecule has 180 valence electrons. The van der Waals surface area contributed by atoms with Gasteiger partial charge in [0.25, 0.3) is 11.8 Å². The van der Waals surface area contributed by atoms with Crippen molar-refractivity contribution in [1.29, 1.82) is 0 Å². The van der Waals surface area contributed by atoms with Gasteiger partial charge in [-0.25, -0.2) is 0 Å². The van der Waals surface area contributed by atoms with E-state index >= 15 is 0 Å². The molecule has 0 saturated carbocycles. The number of halogens is 3. The van der Waals surface area contributed by atoms with E-state index in [1.807, 2.05) is 0 Å². The van der Waals surface area contributed by atoms with Gasteiger partial charge in [0, 0.05) is 5.56 Å². The maximum Gasteiger partial charge on any atom is 0.266 e. The molecule has 1 N–H and O–H groups in total. The average molecular weight is 568 g/mol. The number of ether oxygens (including phenoxy) is 1. The van der Waals surface area contributed by atoms with Crippen molar-refractivity contribution in [2.75, 3.05) is 0 Å². The minimum absolute atomic E-state index is 0.198. The molecule has 2 amide bonds. The summed E-state index contributed by atoms with van der Waals surface area (Å²) in [7, 11) is 0. The van der Waals surface area contributed by atoms with Crippen LogP contribution in [-0.2, 0) is 11.3 Å². The first-order chi connectivity index (χ1) is 16.7. The molecule has 0 aliphatic carbocycles. The van der Waals surface area contributed by atoms with Crippen molar-refractivity contribution in [3.63, 3.8) is 0 Å². The number of thioether (sulfide) groups is 1. The fraction of sp³-hybridized carbons (Fsp3) is 0.125. The number of carbonyl (C=O) groups excluding carboxylic acids is 2. The van der Waals surface area contributed by atoms with Crippen molar-refractivity contribution in [2.45, 2.75) is 16.6 Å². The van der Waals surface area contributed by atoms with Crippen LogP contribution in [0.2, 0.25) is 0 Å². The summed E-state index contributed by atoms with van der Waals surface area (Å²) in [5.41, 5.74) is 1.14. The minimum atomic E-state index is -1.93. The van der Waals surface area contributed by atoms with Crippen LogP contribution in [-0.4, -0.2) is 31.1 Å². The molecule has 0 unspecified atom stereocenters. The van der Waals surface area contributed by atoms with Gasteiger partial charge in [0.1, 0.15) is 15.8 Å². The monoisotopic (exact) mass is 566 g/mol. The fourth-order valence-electron chi connectivity index (χ4n) is 3.09. The Bertz CT molecular complexity index is 1240. The molecule has 1 saturated heterocycles. The third-order valence-corrected chi connectivity index (χ3v) is 6.77. The number of amides is 2. The Kier molecular flexibility index (Phi) is 8.09. The molecule has 4 rings (SSSR count). The van der Waals surface area contributed by atoms with Crippen LogP contribution in [0.25, 0.3) is 6.08 Å². The normalized spacial score (nSPS) is 16.0. The van der Waals surface area contributed by atoms with Gasteiger partial charge in [-0.15, -0.1) is 0 Å². The minimum Gasteiger partial charge on any atom is -0.467 e. The van der Waals surface area contributed by atoms with Gasteiger partial charge in [-0.1, -0.05) is 89.1 Å². The smallest absolute Gasteiger partial charge is 0.266 e. The standard InChI is InChI=1S/C24H17Cl3N2O4S2/c25-24(26,27)22(28-20(30)16-5-2-1-3-6-16)33-17-10-8-15(9-11-17)13-19-21(31)29(23(34)35-19)14-18-7-4-12-32-18/h1-13,22H,14H2,(H,28,30)/b19-13-/t22-/m0/s1. The van der Waals surface area contributed by atoms with E-state index in [0.717, 1.165) is 5.56 Å². The van der Waals surface area contributed by atoms with E-state index in [-0.39, 0.29) is 12.5 Å². The molecule has 11 heteroatoms. The highest BCUT2D eigenvalue weighted by Crippen LogP contribution is 2.35. The van der Waals surface area contributed by atoms with Crippen molar-refractivity contribution in [1.82, 2.24) is 10.2 Å². The maximum absolute atomic E-state index is 12.8. The van der Waals surface area contributed by atoms with Crippen LogP contribution < -0.4 is 10.1 Å². The zero-order valence-electron chi connectivity index (χ0n) is 17.8. The Labute approximate surface area is 226 Å². The van der Waals surface area contributed by atoms with Gasteiger partial charge >= 0.3 is 0 Å². The molecule has 1 fully saturated rings. The summed E-state index contributed by atoms with van der Waals surface area (Å²) in [5.74, 6) is 0.357. The van der Waals surface area contributed by atoms with Crippen molar-refractivity contribution in [3.05, 3.63) is 94.8 Å². The number of nitrogens with zero attached hydrogens (tertiary/aromatic N) is 1. The van der Waals surface area contributed by atoms with E-state index in [9.17, 15) is 9.59 Å². The SMILES string of the molecule is O=C(N[C@@H](Oc1ccc(/C=C2\SC(=S)N(Cc3ccco3)C2=O)cc1)C(Cl)(Cl)Cl)c1ccccc1. The average Bonchev–Trinajstić information content (AvgIpc) is 3.44. The van der Waals surface area contributed by atoms with Crippen LogP contribution in [0.1, 0.15) is 21.7 Å². The van der Waals surface area contributed by atoms with Crippen LogP contribution in [0.4, 0.5) is 0 Å². The predicted octanol–water partition coefficient (Wildman–Crippen LogP) is 6.19. The first kappa shape index (κ1) is 25.6. The van der Waals surface area contributed by atoms with Gasteiger partial charge in [0.15, 0.2) is 0 Å². The molecule has 2 heterocycles. The predicted molar refractivity (Wildman–Crippen MR) is 142 cm³/mol. The Morgan fingerprint density at radius 2 is 1.83 bits per heavy atom. The van der Waals surface area contributed by atoms with E-state index in [4.69, 9.17) is 56.2 Å². The maximum atomic E-state index is 12.8. The third-order valence-electron chi connectivity index (χ3n) is 4.79. The molecule has 2 aromatic carbocycles. The Morgan fingerprint density at radius 1 is 1.11 bits per heavy atom. The molecular weight excluding hydrogens is 551 g/mol. The molecular formula is C24H17Cl3N2O4S2. The Hall–Kier alpha value is -2.49. The van der Waals surface area contributed by atoms with Crippen molar-refractivity contribution in [2.24, 2.45) is 0 Å². The van der Waals surface area contributed by atoms with E-state index in [0.29, 0.717) is 26.3 Å². The van der Waals surface area contributed by atoms with Crippen LogP contribution >= 0.6 is 58.8 Å². The molecule has 35 heavy (non-hydrogen) atoms. The molecule has 3 aromatic rings. The molecule has 0 radical (unpaired) electrons. The topological polar surface area (TPSA) is 71.8 Å². The first-order valence-electron chi connectivity index (χ1n) is 10.2. The zero-order chi connectivity index (χ0) is 25.0. The second kappa shape index (κ2) is 11.1. The number of thiocarbonyl (C=S) groups is 1. The van der Waals surface area contributed by atoms with E-state index in [1.54, 1.807) is 79.1 Å². The molecule has 1 atom stereocenters. The summed E-state index contributed by atoms with van der Waals surface area (Å²) >= 11 is 24.7. The van der Waals surface area contributed by atoms with Crippen LogP contribution in [0.5, 0.6) is 5.75 Å². The quantitative estimate of drug-likeness (QED) is 0.159. The Balaban J connectivity index is 1.44. The van der Waals surface area contributed by atoms with Crippen LogP contribution in [0.15, 0.2) is 82.3 Å². The fourth-order valence-corrected chi connectivity index (χ4v) is 4.65. The molecule has 0 bridgehead atoms. The Morgan fingerprint density at radius 3 is 2.46 bits per heavy atom. The molecule has 1 aliphatic rings. The van der Waals surface area contributed by atoms with E-state index in [1.165, 1.54) is 16.7 Å². The largest absolute Gasteiger partial charge is 0.467 e. The number of nitrogens with one attached hydrogen (secondary N) is 1. The first-order valence-corrected chi connectivity index (χ1v) is 12.5. The van der Waals surface area contributed by atoms with Gasteiger partial charge in [0.05, 0.1) is 17.7 Å². The van der Waals surface area contributed by atoms with Crippen LogP contribution in [0.3, 0.4) is 0 Å². The summed E-state index contributed by atoms with van der Waals surface area (Å²) < 4.78 is 9.59. The molecule has 0 spiro atoms. The highest BCUT2D eigenvalue weighted by Gasteiger charge is 2.36. The summed E-state index contributed by atoms with van der Waals surface area (Å²) in [6.45, 7) is 0.273. The lowest BCUT2D eigenvalue weighted by molar-refractivity contribution is -0.122. The number of hydrogen-bond acceptors (Lipinski definition) is 6. The lowest BCUT2D eigenvalue weighted by atomic mass is 10.2. The number of alkyl halides is 3. The van der Waals surface area contributed by atoms with Crippen molar-refractivity contribution >= 4 is 81.0 Å². The van der Waals surface area contributed by atoms with E-state index < -0.39 is 15.9 Å². The van der Waals surface area contributed by atoms with Gasteiger partial charge in [-0.2, -0.15) is 0 Å². The second-order valence-corrected chi connectivity index (χ2v) is 11.3. The lowest BCUT2D eigenvalue weighted by Crippen LogP contribution is -2.47. The molecule has 1 aliphatic heterocycles. The molecule has 6 nitrogen and oxygen atoms in total. The second-order valence-electron chi connectivity index (χ2n) is 7.30. The van der Waals surface area contributed by atoms with E-state index in [2.05, 4.69) is 5.32 Å². The number of furan rings is 1. The summed E-state index contributed by atoms with van der Waals surface area (Å²) in [4.78, 5) is 27.3. The van der Waals surface area contributed by atoms with Gasteiger partial charge < -0.3 is 14.5 Å². The highest BCUT2D eigenvalue weighted by atomic mass is 35.6. The van der Waals surface area contributed by atoms with Gasteiger partial charge in [-0.3, -0.25) is 14.5 Å². The third kappa shape index (κ3) is 6.59. The highest BCUT2D eigenvalue weighted by molar-refractivity contribution is 8.26. The van der Waals surface area contributed by atoms with Crippen LogP contribution in [0, 0.1) is 0 Å². The lowest BCUT2D eigenvalue weighted by Gasteiger charge is -2.26. The number of hydrogen-bond donors (Lipinski definition) is 1. The number of benzene rings is 2. The summed E-state index contributed by atoms with van der Waals surface area (Å²) in [6.07, 6.45) is 2.03.